The quantitative estimate of drug-likeness (QED) is 0.597. The molecule has 4 rings (SSSR count). The van der Waals surface area contributed by atoms with Gasteiger partial charge in [0, 0.05) is 12.7 Å². The molecule has 0 bridgehead atoms. The van der Waals surface area contributed by atoms with Crippen molar-refractivity contribution in [3.63, 3.8) is 0 Å². The molecule has 1 aliphatic carbocycles. The number of carbonyl (C=O) groups is 2. The van der Waals surface area contributed by atoms with Crippen LogP contribution in [-0.2, 0) is 4.79 Å². The van der Waals surface area contributed by atoms with Crippen LogP contribution in [0.1, 0.15) is 29.6 Å². The van der Waals surface area contributed by atoms with Crippen molar-refractivity contribution in [1.82, 2.24) is 5.32 Å². The van der Waals surface area contributed by atoms with E-state index in [2.05, 4.69) is 10.2 Å². The summed E-state index contributed by atoms with van der Waals surface area (Å²) in [6, 6.07) is 7.92. The highest BCUT2D eigenvalue weighted by Gasteiger charge is 2.59. The Morgan fingerprint density at radius 3 is 2.37 bits per heavy atom. The number of thiocarbonyl (C=S) groups is 1. The zero-order valence-corrected chi connectivity index (χ0v) is 16.7. The van der Waals surface area contributed by atoms with Gasteiger partial charge in [0.15, 0.2) is 5.11 Å². The van der Waals surface area contributed by atoms with E-state index in [1.165, 1.54) is 36.2 Å². The van der Waals surface area contributed by atoms with Gasteiger partial charge in [-0.05, 0) is 61.8 Å². The molecule has 0 radical (unpaired) electrons. The number of hydrogen-bond acceptors (Lipinski definition) is 3. The molecule has 9 heteroatoms. The molecule has 152 valence electrons. The zero-order valence-electron chi connectivity index (χ0n) is 15.9. The van der Waals surface area contributed by atoms with Crippen molar-refractivity contribution in [2.24, 2.45) is 0 Å². The van der Waals surface area contributed by atoms with Crippen molar-refractivity contribution >= 4 is 46.2 Å². The predicted molar refractivity (Wildman–Crippen MR) is 112 cm³/mol. The molecule has 1 aliphatic heterocycles. The number of carbonyl (C=O) groups excluding carboxylic acids is 2. The topological polar surface area (TPSA) is 57.0 Å². The Hall–Kier alpha value is -3.38. The van der Waals surface area contributed by atoms with Gasteiger partial charge >= 0.3 is 0 Å². The number of benzene rings is 2. The van der Waals surface area contributed by atoms with Gasteiger partial charge < -0.3 is 10.2 Å². The molecular weight excluding hydrogens is 410 g/mol. The minimum Gasteiger partial charge on any atom is -0.355 e. The van der Waals surface area contributed by atoms with Crippen LogP contribution in [0.4, 0.5) is 25.8 Å². The van der Waals surface area contributed by atoms with Gasteiger partial charge in [-0.15, -0.1) is 0 Å². The van der Waals surface area contributed by atoms with Crippen molar-refractivity contribution in [3.05, 3.63) is 65.0 Å². The van der Waals surface area contributed by atoms with Crippen molar-refractivity contribution in [1.29, 1.82) is 0 Å². The molecular formula is C21H16F2N4O2S. The van der Waals surface area contributed by atoms with Crippen LogP contribution in [0.15, 0.2) is 36.4 Å². The summed E-state index contributed by atoms with van der Waals surface area (Å²) in [4.78, 5) is 31.0. The fraction of sp³-hybridized carbons (Fsp3) is 0.238. The SMILES string of the molecule is [C-]#[N+]c1ccc(N2C(=O)C3(CCC3)N(c3ccc(C(=O)NC)c(F)c3)C2=S)cc1F. The van der Waals surface area contributed by atoms with Crippen LogP contribution in [0.3, 0.4) is 0 Å². The second kappa shape index (κ2) is 7.15. The lowest BCUT2D eigenvalue weighted by Crippen LogP contribution is -2.55. The van der Waals surface area contributed by atoms with Gasteiger partial charge in [-0.25, -0.2) is 13.6 Å². The highest BCUT2D eigenvalue weighted by molar-refractivity contribution is 7.81. The van der Waals surface area contributed by atoms with Crippen LogP contribution < -0.4 is 15.1 Å². The summed E-state index contributed by atoms with van der Waals surface area (Å²) in [6.07, 6.45) is 1.83. The standard InChI is InChI=1S/C21H16F2N4O2S/c1-24-17-7-5-12(10-16(17)23)26-19(29)21(8-3-9-21)27(20(26)30)13-4-6-14(15(22)11-13)18(28)25-2/h4-7,10-11H,3,8-9H2,2H3,(H,25,28). The van der Waals surface area contributed by atoms with Crippen molar-refractivity contribution in [2.75, 3.05) is 16.8 Å². The van der Waals surface area contributed by atoms with Crippen LogP contribution in [0, 0.1) is 18.2 Å². The van der Waals surface area contributed by atoms with Crippen LogP contribution in [-0.4, -0.2) is 29.5 Å². The maximum atomic E-state index is 14.6. The third-order valence-electron chi connectivity index (χ3n) is 5.58. The average molecular weight is 426 g/mol. The van der Waals surface area contributed by atoms with Crippen molar-refractivity contribution in [2.45, 2.75) is 24.8 Å². The van der Waals surface area contributed by atoms with Crippen molar-refractivity contribution < 1.29 is 18.4 Å². The van der Waals surface area contributed by atoms with E-state index < -0.39 is 23.1 Å². The molecule has 2 aliphatic rings. The van der Waals surface area contributed by atoms with E-state index in [0.29, 0.717) is 18.5 Å². The van der Waals surface area contributed by atoms with Gasteiger partial charge in [-0.3, -0.25) is 14.5 Å². The number of halogens is 2. The lowest BCUT2D eigenvalue weighted by molar-refractivity contribution is -0.123. The van der Waals surface area contributed by atoms with E-state index in [-0.39, 0.29) is 28.0 Å². The van der Waals surface area contributed by atoms with Crippen molar-refractivity contribution in [3.8, 4) is 0 Å². The van der Waals surface area contributed by atoms with Gasteiger partial charge in [0.25, 0.3) is 11.8 Å². The highest BCUT2D eigenvalue weighted by atomic mass is 32.1. The number of amides is 2. The summed E-state index contributed by atoms with van der Waals surface area (Å²) >= 11 is 5.55. The number of anilines is 2. The molecule has 2 amide bonds. The van der Waals surface area contributed by atoms with Crippen LogP contribution in [0.5, 0.6) is 0 Å². The molecule has 2 fully saturated rings. The first-order valence-corrected chi connectivity index (χ1v) is 9.62. The van der Waals surface area contributed by atoms with E-state index >= 15 is 0 Å². The van der Waals surface area contributed by atoms with E-state index in [9.17, 15) is 18.4 Å². The Morgan fingerprint density at radius 1 is 1.17 bits per heavy atom. The van der Waals surface area contributed by atoms with Gasteiger partial charge in [0.1, 0.15) is 17.2 Å². The monoisotopic (exact) mass is 426 g/mol. The fourth-order valence-corrected chi connectivity index (χ4v) is 4.36. The number of rotatable bonds is 3. The third-order valence-corrected chi connectivity index (χ3v) is 5.95. The van der Waals surface area contributed by atoms with Gasteiger partial charge in [0.2, 0.25) is 5.69 Å². The van der Waals surface area contributed by atoms with Gasteiger partial charge in [-0.1, -0.05) is 6.07 Å². The van der Waals surface area contributed by atoms with E-state index in [1.54, 1.807) is 11.0 Å². The molecule has 1 spiro atoms. The van der Waals surface area contributed by atoms with Gasteiger partial charge in [-0.2, -0.15) is 0 Å². The number of nitrogens with one attached hydrogen (secondary N) is 1. The maximum absolute atomic E-state index is 14.6. The largest absolute Gasteiger partial charge is 0.355 e. The molecule has 1 saturated carbocycles. The number of hydrogen-bond donors (Lipinski definition) is 1. The molecule has 1 N–H and O–H groups in total. The normalized spacial score (nSPS) is 17.1. The minimum atomic E-state index is -0.965. The fourth-order valence-electron chi connectivity index (χ4n) is 3.90. The molecule has 2 aromatic carbocycles. The lowest BCUT2D eigenvalue weighted by atomic mass is 9.75. The molecule has 0 aromatic heterocycles. The van der Waals surface area contributed by atoms with Crippen LogP contribution >= 0.6 is 12.2 Å². The minimum absolute atomic E-state index is 0.0988. The summed E-state index contributed by atoms with van der Waals surface area (Å²) in [5.74, 6) is -2.36. The molecule has 2 aromatic rings. The molecule has 0 unspecified atom stereocenters. The highest BCUT2D eigenvalue weighted by Crippen LogP contribution is 2.48. The smallest absolute Gasteiger partial charge is 0.259 e. The van der Waals surface area contributed by atoms with E-state index in [0.717, 1.165) is 12.5 Å². The van der Waals surface area contributed by atoms with Gasteiger partial charge in [0.05, 0.1) is 17.8 Å². The summed E-state index contributed by atoms with van der Waals surface area (Å²) in [5.41, 5.74) is -0.676. The first-order valence-electron chi connectivity index (χ1n) is 9.21. The lowest BCUT2D eigenvalue weighted by Gasteiger charge is -2.43. The summed E-state index contributed by atoms with van der Waals surface area (Å²) < 4.78 is 28.8. The summed E-state index contributed by atoms with van der Waals surface area (Å²) in [6.45, 7) is 6.98. The van der Waals surface area contributed by atoms with Crippen LogP contribution in [0.25, 0.3) is 4.85 Å². The zero-order chi connectivity index (χ0) is 21.6. The second-order valence-corrected chi connectivity index (χ2v) is 7.50. The van der Waals surface area contributed by atoms with E-state index in [4.69, 9.17) is 18.8 Å². The third kappa shape index (κ3) is 2.75. The Balaban J connectivity index is 1.78. The summed E-state index contributed by atoms with van der Waals surface area (Å²) in [7, 11) is 1.41. The molecule has 1 saturated heterocycles. The summed E-state index contributed by atoms with van der Waals surface area (Å²) in [5, 5.41) is 2.47. The molecule has 0 atom stereocenters. The van der Waals surface area contributed by atoms with Crippen LogP contribution in [0.2, 0.25) is 0 Å². The molecule has 1 heterocycles. The van der Waals surface area contributed by atoms with E-state index in [1.807, 2.05) is 0 Å². The second-order valence-electron chi connectivity index (χ2n) is 7.13. The first kappa shape index (κ1) is 19.9. The maximum Gasteiger partial charge on any atom is 0.259 e. The molecule has 30 heavy (non-hydrogen) atoms. The Labute approximate surface area is 176 Å². The number of nitrogens with zero attached hydrogens (tertiary/aromatic N) is 3. The molecule has 6 nitrogen and oxygen atoms in total. The first-order chi connectivity index (χ1) is 14.3. The Morgan fingerprint density at radius 2 is 1.83 bits per heavy atom. The average Bonchev–Trinajstić information content (AvgIpc) is 2.94. The predicted octanol–water partition coefficient (Wildman–Crippen LogP) is 3.94. The Kier molecular flexibility index (Phi) is 4.74. The Bertz CT molecular complexity index is 1140.